The summed E-state index contributed by atoms with van der Waals surface area (Å²) < 4.78 is 0.856. The van der Waals surface area contributed by atoms with Crippen LogP contribution in [0.5, 0.6) is 0 Å². The van der Waals surface area contributed by atoms with Crippen LogP contribution in [0.25, 0.3) is 0 Å². The Balaban J connectivity index is 2.04. The molecule has 17 heavy (non-hydrogen) atoms. The minimum atomic E-state index is 0.215. The largest absolute Gasteiger partial charge is 0.411 e. The van der Waals surface area contributed by atoms with Crippen molar-refractivity contribution in [3.05, 3.63) is 0 Å². The number of nitrogens with zero attached hydrogens (tertiary/aromatic N) is 3. The Labute approximate surface area is 108 Å². The van der Waals surface area contributed by atoms with Crippen molar-refractivity contribution in [2.45, 2.75) is 48.1 Å². The topological polar surface area (TPSA) is 84.4 Å². The zero-order chi connectivity index (χ0) is 12.1. The third kappa shape index (κ3) is 3.57. The molecule has 1 aliphatic carbocycles. The van der Waals surface area contributed by atoms with Crippen LogP contribution < -0.4 is 5.73 Å². The third-order valence-electron chi connectivity index (χ3n) is 2.81. The van der Waals surface area contributed by atoms with Gasteiger partial charge in [0.15, 0.2) is 4.34 Å². The molecule has 1 aromatic heterocycles. The van der Waals surface area contributed by atoms with Gasteiger partial charge < -0.3 is 10.9 Å². The lowest BCUT2D eigenvalue weighted by Gasteiger charge is -2.18. The van der Waals surface area contributed by atoms with Crippen LogP contribution in [0.2, 0.25) is 0 Å². The summed E-state index contributed by atoms with van der Waals surface area (Å²) in [5.74, 6) is 0. The second-order valence-corrected chi connectivity index (χ2v) is 6.52. The molecular formula is C10H16N4OS2. The molecule has 0 bridgehead atoms. The average Bonchev–Trinajstić information content (AvgIpc) is 2.69. The molecule has 0 radical (unpaired) electrons. The quantitative estimate of drug-likeness (QED) is 0.639. The van der Waals surface area contributed by atoms with Gasteiger partial charge in [-0.3, -0.25) is 0 Å². The zero-order valence-corrected chi connectivity index (χ0v) is 11.1. The van der Waals surface area contributed by atoms with E-state index in [0.29, 0.717) is 5.13 Å². The predicted molar refractivity (Wildman–Crippen MR) is 70.9 cm³/mol. The predicted octanol–water partition coefficient (Wildman–Crippen LogP) is 2.77. The minimum Gasteiger partial charge on any atom is -0.411 e. The number of thioether (sulfide) groups is 1. The summed E-state index contributed by atoms with van der Waals surface area (Å²) in [5, 5.41) is 21.0. The summed E-state index contributed by atoms with van der Waals surface area (Å²) in [7, 11) is 0. The van der Waals surface area contributed by atoms with E-state index in [9.17, 15) is 0 Å². The van der Waals surface area contributed by atoms with E-state index in [2.05, 4.69) is 15.4 Å². The maximum absolute atomic E-state index is 9.08. The molecule has 3 N–H and O–H groups in total. The van der Waals surface area contributed by atoms with E-state index < -0.39 is 0 Å². The number of hydrogen-bond donors (Lipinski definition) is 2. The molecule has 0 unspecified atom stereocenters. The Kier molecular flexibility index (Phi) is 4.61. The zero-order valence-electron chi connectivity index (χ0n) is 9.50. The van der Waals surface area contributed by atoms with E-state index in [1.54, 1.807) is 11.8 Å². The first-order chi connectivity index (χ1) is 8.29. The van der Waals surface area contributed by atoms with Crippen molar-refractivity contribution in [3.63, 3.8) is 0 Å². The van der Waals surface area contributed by atoms with Crippen molar-refractivity contribution in [1.29, 1.82) is 0 Å². The van der Waals surface area contributed by atoms with E-state index in [-0.39, 0.29) is 5.25 Å². The first-order valence-corrected chi connectivity index (χ1v) is 7.45. The molecular weight excluding hydrogens is 256 g/mol. The van der Waals surface area contributed by atoms with Gasteiger partial charge in [-0.05, 0) is 19.3 Å². The molecule has 0 aromatic carbocycles. The van der Waals surface area contributed by atoms with Gasteiger partial charge in [-0.1, -0.05) is 47.5 Å². The van der Waals surface area contributed by atoms with Crippen LogP contribution in [0.1, 0.15) is 38.5 Å². The van der Waals surface area contributed by atoms with E-state index >= 15 is 0 Å². The van der Waals surface area contributed by atoms with Crippen LogP contribution in [0.15, 0.2) is 9.50 Å². The molecule has 0 spiro atoms. The molecule has 1 atom stereocenters. The maximum Gasteiger partial charge on any atom is 0.203 e. The Morgan fingerprint density at radius 2 is 2.12 bits per heavy atom. The van der Waals surface area contributed by atoms with Gasteiger partial charge in [0.1, 0.15) is 0 Å². The van der Waals surface area contributed by atoms with Crippen LogP contribution in [0, 0.1) is 0 Å². The summed E-state index contributed by atoms with van der Waals surface area (Å²) in [4.78, 5) is 0. The van der Waals surface area contributed by atoms with E-state index in [0.717, 1.165) is 29.3 Å². The molecule has 0 aliphatic heterocycles. The SMILES string of the molecule is Nc1nnc(S[C@H]2CCCCCC/C2=N\O)s1. The molecule has 0 amide bonds. The van der Waals surface area contributed by atoms with Crippen molar-refractivity contribution < 1.29 is 5.21 Å². The smallest absolute Gasteiger partial charge is 0.203 e. The Bertz CT molecular complexity index is 393. The van der Waals surface area contributed by atoms with Crippen molar-refractivity contribution in [2.24, 2.45) is 5.16 Å². The van der Waals surface area contributed by atoms with Crippen molar-refractivity contribution in [2.75, 3.05) is 5.73 Å². The van der Waals surface area contributed by atoms with Crippen molar-refractivity contribution >= 4 is 33.9 Å². The van der Waals surface area contributed by atoms with Gasteiger partial charge in [-0.2, -0.15) is 0 Å². The lowest BCUT2D eigenvalue weighted by atomic mass is 9.99. The molecule has 5 nitrogen and oxygen atoms in total. The molecule has 1 heterocycles. The summed E-state index contributed by atoms with van der Waals surface area (Å²) in [6, 6.07) is 0. The fraction of sp³-hybridized carbons (Fsp3) is 0.700. The van der Waals surface area contributed by atoms with Gasteiger partial charge in [-0.15, -0.1) is 10.2 Å². The van der Waals surface area contributed by atoms with Gasteiger partial charge in [0.2, 0.25) is 5.13 Å². The third-order valence-corrected chi connectivity index (χ3v) is 4.98. The van der Waals surface area contributed by atoms with Gasteiger partial charge in [0, 0.05) is 0 Å². The van der Waals surface area contributed by atoms with Crippen LogP contribution in [0.3, 0.4) is 0 Å². The van der Waals surface area contributed by atoms with Gasteiger partial charge in [-0.25, -0.2) is 0 Å². The number of hydrogen-bond acceptors (Lipinski definition) is 7. The van der Waals surface area contributed by atoms with E-state index in [1.165, 1.54) is 30.6 Å². The lowest BCUT2D eigenvalue weighted by molar-refractivity contribution is 0.315. The molecule has 0 saturated heterocycles. The first kappa shape index (κ1) is 12.6. The summed E-state index contributed by atoms with van der Waals surface area (Å²) in [6.07, 6.45) is 6.67. The number of anilines is 1. The Hall–Kier alpha value is -0.820. The number of oxime groups is 1. The van der Waals surface area contributed by atoms with E-state index in [4.69, 9.17) is 10.9 Å². The van der Waals surface area contributed by atoms with Crippen LogP contribution in [-0.2, 0) is 0 Å². The molecule has 1 fully saturated rings. The van der Waals surface area contributed by atoms with Crippen LogP contribution in [0.4, 0.5) is 5.13 Å². The Morgan fingerprint density at radius 3 is 2.82 bits per heavy atom. The van der Waals surface area contributed by atoms with Crippen LogP contribution >= 0.6 is 23.1 Å². The second kappa shape index (κ2) is 6.20. The normalized spacial score (nSPS) is 24.5. The Morgan fingerprint density at radius 1 is 1.29 bits per heavy atom. The van der Waals surface area contributed by atoms with Crippen molar-refractivity contribution in [1.82, 2.24) is 10.2 Å². The summed E-state index contributed by atoms with van der Waals surface area (Å²) in [6.45, 7) is 0. The minimum absolute atomic E-state index is 0.215. The second-order valence-electron chi connectivity index (χ2n) is 4.06. The van der Waals surface area contributed by atoms with Gasteiger partial charge >= 0.3 is 0 Å². The average molecular weight is 272 g/mol. The maximum atomic E-state index is 9.08. The van der Waals surface area contributed by atoms with Crippen molar-refractivity contribution in [3.8, 4) is 0 Å². The highest BCUT2D eigenvalue weighted by Gasteiger charge is 2.21. The lowest BCUT2D eigenvalue weighted by Crippen LogP contribution is -2.19. The highest BCUT2D eigenvalue weighted by molar-refractivity contribution is 8.02. The fourth-order valence-electron chi connectivity index (χ4n) is 1.95. The standard InChI is InChI=1S/C10H16N4OS2/c11-9-12-13-10(17-9)16-8-6-4-2-1-3-5-7(8)14-15/h8,15H,1-6H2,(H2,11,12)/b14-7+/t8-/m0/s1. The highest BCUT2D eigenvalue weighted by Crippen LogP contribution is 2.33. The first-order valence-electron chi connectivity index (χ1n) is 5.76. The molecule has 94 valence electrons. The monoisotopic (exact) mass is 272 g/mol. The molecule has 1 aromatic rings. The summed E-state index contributed by atoms with van der Waals surface area (Å²) in [5.41, 5.74) is 6.44. The number of nitrogen functional groups attached to an aromatic ring is 1. The van der Waals surface area contributed by atoms with Gasteiger partial charge in [0.05, 0.1) is 11.0 Å². The molecule has 2 rings (SSSR count). The molecule has 1 aliphatic rings. The molecule has 1 saturated carbocycles. The summed E-state index contributed by atoms with van der Waals surface area (Å²) >= 11 is 3.00. The fourth-order valence-corrected chi connectivity index (χ4v) is 4.00. The highest BCUT2D eigenvalue weighted by atomic mass is 32.2. The van der Waals surface area contributed by atoms with Gasteiger partial charge in [0.25, 0.3) is 0 Å². The molecule has 7 heteroatoms. The van der Waals surface area contributed by atoms with E-state index in [1.807, 2.05) is 0 Å². The number of rotatable bonds is 2. The van der Waals surface area contributed by atoms with Crippen LogP contribution in [-0.4, -0.2) is 26.4 Å². The number of aromatic nitrogens is 2. The number of nitrogens with two attached hydrogens (primary N) is 1.